The van der Waals surface area contributed by atoms with E-state index in [1.165, 1.54) is 6.42 Å². The number of fused-ring (bicyclic) bond motifs is 2. The van der Waals surface area contributed by atoms with Crippen molar-refractivity contribution in [2.45, 2.75) is 52.6 Å². The van der Waals surface area contributed by atoms with E-state index in [4.69, 9.17) is 10.5 Å². The SMILES string of the molecule is Cc1c(C(=O)OC(C)C)sc(NC(=O)[C@H]2C[C@H]3CC[C@@H]2C3)c1C(N)=O. The first kappa shape index (κ1) is 17.9. The molecule has 1 aromatic heterocycles. The number of nitrogens with one attached hydrogen (secondary N) is 1. The molecule has 2 amide bonds. The molecule has 0 unspecified atom stereocenters. The summed E-state index contributed by atoms with van der Waals surface area (Å²) in [6, 6.07) is 0. The number of carbonyl (C=O) groups is 3. The normalized spacial score (nSPS) is 24.6. The van der Waals surface area contributed by atoms with Gasteiger partial charge in [-0.15, -0.1) is 11.3 Å². The second-order valence-corrected chi connectivity index (χ2v) is 8.37. The van der Waals surface area contributed by atoms with Crippen LogP contribution in [0.3, 0.4) is 0 Å². The molecule has 1 aromatic rings. The van der Waals surface area contributed by atoms with Gasteiger partial charge in [-0.3, -0.25) is 9.59 Å². The molecule has 1 heterocycles. The summed E-state index contributed by atoms with van der Waals surface area (Å²) in [5.74, 6) is -0.139. The van der Waals surface area contributed by atoms with Crippen LogP contribution in [0.2, 0.25) is 0 Å². The lowest BCUT2D eigenvalue weighted by atomic mass is 9.88. The molecular formula is C18H24N2O4S. The van der Waals surface area contributed by atoms with Crippen LogP contribution in [0.4, 0.5) is 5.00 Å². The van der Waals surface area contributed by atoms with E-state index in [1.54, 1.807) is 20.8 Å². The molecule has 0 spiro atoms. The second-order valence-electron chi connectivity index (χ2n) is 7.35. The van der Waals surface area contributed by atoms with Gasteiger partial charge < -0.3 is 15.8 Å². The van der Waals surface area contributed by atoms with Crippen molar-refractivity contribution in [3.8, 4) is 0 Å². The smallest absolute Gasteiger partial charge is 0.348 e. The molecule has 3 atom stereocenters. The van der Waals surface area contributed by atoms with Gasteiger partial charge in [0.25, 0.3) is 5.91 Å². The lowest BCUT2D eigenvalue weighted by molar-refractivity contribution is -0.121. The van der Waals surface area contributed by atoms with Gasteiger partial charge in [-0.05, 0) is 57.4 Å². The Morgan fingerprint density at radius 2 is 1.96 bits per heavy atom. The van der Waals surface area contributed by atoms with Gasteiger partial charge >= 0.3 is 5.97 Å². The zero-order valence-corrected chi connectivity index (χ0v) is 15.6. The minimum Gasteiger partial charge on any atom is -0.459 e. The van der Waals surface area contributed by atoms with Crippen LogP contribution in [-0.4, -0.2) is 23.9 Å². The van der Waals surface area contributed by atoms with E-state index in [9.17, 15) is 14.4 Å². The number of hydrogen-bond donors (Lipinski definition) is 2. The molecular weight excluding hydrogens is 340 g/mol. The number of ether oxygens (including phenoxy) is 1. The van der Waals surface area contributed by atoms with Gasteiger partial charge in [-0.2, -0.15) is 0 Å². The van der Waals surface area contributed by atoms with Gasteiger partial charge in [0.05, 0.1) is 11.7 Å². The van der Waals surface area contributed by atoms with Crippen LogP contribution < -0.4 is 11.1 Å². The van der Waals surface area contributed by atoms with Crippen molar-refractivity contribution in [2.24, 2.45) is 23.5 Å². The number of carbonyl (C=O) groups excluding carboxylic acids is 3. The molecule has 0 aliphatic heterocycles. The summed E-state index contributed by atoms with van der Waals surface area (Å²) in [6.07, 6.45) is 4.08. The summed E-state index contributed by atoms with van der Waals surface area (Å²) >= 11 is 1.06. The number of nitrogens with two attached hydrogens (primary N) is 1. The van der Waals surface area contributed by atoms with E-state index in [1.807, 2.05) is 0 Å². The van der Waals surface area contributed by atoms with Gasteiger partial charge in [0.1, 0.15) is 9.88 Å². The Hall–Kier alpha value is -1.89. The highest BCUT2D eigenvalue weighted by Crippen LogP contribution is 2.49. The summed E-state index contributed by atoms with van der Waals surface area (Å²) in [7, 11) is 0. The van der Waals surface area contributed by atoms with Crippen LogP contribution in [0.5, 0.6) is 0 Å². The zero-order chi connectivity index (χ0) is 18.3. The Labute approximate surface area is 151 Å². The third kappa shape index (κ3) is 3.42. The Bertz CT molecular complexity index is 725. The summed E-state index contributed by atoms with van der Waals surface area (Å²) in [6.45, 7) is 5.17. The number of thiophene rings is 1. The average molecular weight is 364 g/mol. The van der Waals surface area contributed by atoms with Crippen LogP contribution in [-0.2, 0) is 9.53 Å². The van der Waals surface area contributed by atoms with Crippen LogP contribution >= 0.6 is 11.3 Å². The topological polar surface area (TPSA) is 98.5 Å². The maximum atomic E-state index is 12.7. The van der Waals surface area contributed by atoms with Gasteiger partial charge in [-0.25, -0.2) is 4.79 Å². The Kier molecular flexibility index (Phi) is 4.86. The van der Waals surface area contributed by atoms with Crippen LogP contribution in [0.15, 0.2) is 0 Å². The highest BCUT2D eigenvalue weighted by atomic mass is 32.1. The van der Waals surface area contributed by atoms with Crippen molar-refractivity contribution >= 4 is 34.1 Å². The van der Waals surface area contributed by atoms with Crippen LogP contribution in [0.25, 0.3) is 0 Å². The fourth-order valence-electron chi connectivity index (χ4n) is 4.13. The molecule has 0 saturated heterocycles. The van der Waals surface area contributed by atoms with E-state index >= 15 is 0 Å². The lowest BCUT2D eigenvalue weighted by Gasteiger charge is -2.20. The molecule has 0 aromatic carbocycles. The van der Waals surface area contributed by atoms with Crippen molar-refractivity contribution in [2.75, 3.05) is 5.32 Å². The van der Waals surface area contributed by atoms with E-state index in [0.29, 0.717) is 27.3 Å². The standard InChI is InChI=1S/C18H24N2O4S/c1-8(2)24-18(23)14-9(3)13(15(19)21)17(25-14)20-16(22)12-7-10-4-5-11(12)6-10/h8,10-12H,4-7H2,1-3H3,(H2,19,21)(H,20,22)/t10-,11+,12-/m0/s1. The first-order valence-corrected chi connectivity index (χ1v) is 9.54. The molecule has 2 aliphatic rings. The van der Waals surface area contributed by atoms with Crippen LogP contribution in [0, 0.1) is 24.7 Å². The molecule has 2 fully saturated rings. The van der Waals surface area contributed by atoms with E-state index in [0.717, 1.165) is 30.6 Å². The maximum absolute atomic E-state index is 12.7. The molecule has 0 radical (unpaired) electrons. The van der Waals surface area contributed by atoms with Crippen molar-refractivity contribution < 1.29 is 19.1 Å². The Balaban J connectivity index is 1.83. The quantitative estimate of drug-likeness (QED) is 0.784. The molecule has 2 bridgehead atoms. The molecule has 2 saturated carbocycles. The first-order valence-electron chi connectivity index (χ1n) is 8.73. The summed E-state index contributed by atoms with van der Waals surface area (Å²) < 4.78 is 5.22. The largest absolute Gasteiger partial charge is 0.459 e. The summed E-state index contributed by atoms with van der Waals surface area (Å²) in [4.78, 5) is 37.1. The molecule has 6 nitrogen and oxygen atoms in total. The number of esters is 1. The number of hydrogen-bond acceptors (Lipinski definition) is 5. The second kappa shape index (κ2) is 6.78. The molecule has 3 rings (SSSR count). The number of anilines is 1. The third-order valence-corrected chi connectivity index (χ3v) is 6.42. The minimum atomic E-state index is -0.652. The highest BCUT2D eigenvalue weighted by Gasteiger charge is 2.43. The predicted octanol–water partition coefficient (Wildman–Crippen LogP) is 3.10. The van der Waals surface area contributed by atoms with Crippen molar-refractivity contribution in [3.05, 3.63) is 16.0 Å². The highest BCUT2D eigenvalue weighted by molar-refractivity contribution is 7.18. The Morgan fingerprint density at radius 1 is 1.24 bits per heavy atom. The summed E-state index contributed by atoms with van der Waals surface area (Å²) in [5, 5.41) is 3.21. The molecule has 3 N–H and O–H groups in total. The van der Waals surface area contributed by atoms with E-state index in [-0.39, 0.29) is 23.5 Å². The third-order valence-electron chi connectivity index (χ3n) is 5.23. The van der Waals surface area contributed by atoms with Crippen LogP contribution in [0.1, 0.15) is 65.1 Å². The van der Waals surface area contributed by atoms with Gasteiger partial charge in [0.2, 0.25) is 5.91 Å². The lowest BCUT2D eigenvalue weighted by Crippen LogP contribution is -2.27. The number of amides is 2. The molecule has 7 heteroatoms. The average Bonchev–Trinajstić information content (AvgIpc) is 3.20. The van der Waals surface area contributed by atoms with E-state index < -0.39 is 11.9 Å². The Morgan fingerprint density at radius 3 is 2.48 bits per heavy atom. The fourth-order valence-corrected chi connectivity index (χ4v) is 5.23. The van der Waals surface area contributed by atoms with Crippen molar-refractivity contribution in [1.29, 1.82) is 0 Å². The van der Waals surface area contributed by atoms with Gasteiger partial charge in [0, 0.05) is 5.92 Å². The zero-order valence-electron chi connectivity index (χ0n) is 14.8. The van der Waals surface area contributed by atoms with E-state index in [2.05, 4.69) is 5.32 Å². The molecule has 25 heavy (non-hydrogen) atoms. The number of rotatable bonds is 5. The summed E-state index contributed by atoms with van der Waals surface area (Å²) in [5.41, 5.74) is 6.15. The van der Waals surface area contributed by atoms with Gasteiger partial charge in [0.15, 0.2) is 0 Å². The maximum Gasteiger partial charge on any atom is 0.348 e. The number of primary amides is 1. The first-order chi connectivity index (χ1) is 11.8. The van der Waals surface area contributed by atoms with Gasteiger partial charge in [-0.1, -0.05) is 6.42 Å². The van der Waals surface area contributed by atoms with Crippen molar-refractivity contribution in [1.82, 2.24) is 0 Å². The fraction of sp³-hybridized carbons (Fsp3) is 0.611. The van der Waals surface area contributed by atoms with Crippen molar-refractivity contribution in [3.63, 3.8) is 0 Å². The minimum absolute atomic E-state index is 0.00653. The molecule has 2 aliphatic carbocycles. The monoisotopic (exact) mass is 364 g/mol. The molecule has 136 valence electrons. The predicted molar refractivity (Wildman–Crippen MR) is 95.7 cm³/mol.